The summed E-state index contributed by atoms with van der Waals surface area (Å²) >= 11 is 0. The van der Waals surface area contributed by atoms with Crippen LogP contribution in [0.15, 0.2) is 18.2 Å². The topological polar surface area (TPSA) is 59.0 Å². The van der Waals surface area contributed by atoms with Gasteiger partial charge in [-0.2, -0.15) is 5.26 Å². The average molecular weight is 244 g/mol. The lowest BCUT2D eigenvalue weighted by atomic mass is 9.92. The molecule has 0 saturated heterocycles. The number of benzene rings is 1. The SMILES string of the molecule is CC(C)(C#N)CCOc1ccc2c(c1)CC[C@@H]2N. The zero-order chi connectivity index (χ0) is 13.2. The third-order valence-electron chi connectivity index (χ3n) is 3.54. The summed E-state index contributed by atoms with van der Waals surface area (Å²) in [5.74, 6) is 0.886. The highest BCUT2D eigenvalue weighted by Crippen LogP contribution is 2.32. The quantitative estimate of drug-likeness (QED) is 0.885. The maximum absolute atomic E-state index is 8.93. The summed E-state index contributed by atoms with van der Waals surface area (Å²) in [6.45, 7) is 4.43. The summed E-state index contributed by atoms with van der Waals surface area (Å²) in [5.41, 5.74) is 8.23. The van der Waals surface area contributed by atoms with Gasteiger partial charge in [-0.15, -0.1) is 0 Å². The largest absolute Gasteiger partial charge is 0.494 e. The van der Waals surface area contributed by atoms with Crippen LogP contribution < -0.4 is 10.5 Å². The van der Waals surface area contributed by atoms with Crippen molar-refractivity contribution in [2.75, 3.05) is 6.61 Å². The lowest BCUT2D eigenvalue weighted by Gasteiger charge is -2.15. The molecule has 1 atom stereocenters. The van der Waals surface area contributed by atoms with Crippen LogP contribution in [0.5, 0.6) is 5.75 Å². The van der Waals surface area contributed by atoms with E-state index in [1.807, 2.05) is 19.9 Å². The Hall–Kier alpha value is -1.53. The molecule has 0 spiro atoms. The molecule has 0 aromatic heterocycles. The van der Waals surface area contributed by atoms with Crippen molar-refractivity contribution in [3.63, 3.8) is 0 Å². The predicted molar refractivity (Wildman–Crippen MR) is 71.2 cm³/mol. The van der Waals surface area contributed by atoms with Crippen molar-refractivity contribution in [3.8, 4) is 11.8 Å². The number of nitrogens with zero attached hydrogens (tertiary/aromatic N) is 1. The molecule has 2 N–H and O–H groups in total. The molecule has 1 aromatic rings. The molecular formula is C15H20N2O. The van der Waals surface area contributed by atoms with Crippen LogP contribution in [0.3, 0.4) is 0 Å². The lowest BCUT2D eigenvalue weighted by molar-refractivity contribution is 0.264. The molecule has 0 radical (unpaired) electrons. The van der Waals surface area contributed by atoms with Gasteiger partial charge < -0.3 is 10.5 Å². The molecule has 1 aliphatic carbocycles. The molecule has 0 bridgehead atoms. The van der Waals surface area contributed by atoms with Crippen molar-refractivity contribution in [2.24, 2.45) is 11.1 Å². The summed E-state index contributed by atoms with van der Waals surface area (Å²) in [6.07, 6.45) is 2.80. The van der Waals surface area contributed by atoms with Crippen LogP contribution >= 0.6 is 0 Å². The number of hydrogen-bond acceptors (Lipinski definition) is 3. The fourth-order valence-electron chi connectivity index (χ4n) is 2.20. The van der Waals surface area contributed by atoms with E-state index in [1.165, 1.54) is 11.1 Å². The third-order valence-corrected chi connectivity index (χ3v) is 3.54. The van der Waals surface area contributed by atoms with Crippen LogP contribution in [0, 0.1) is 16.7 Å². The molecule has 0 amide bonds. The summed E-state index contributed by atoms with van der Waals surface area (Å²) in [7, 11) is 0. The number of aryl methyl sites for hydroxylation is 1. The minimum atomic E-state index is -0.320. The maximum Gasteiger partial charge on any atom is 0.119 e. The first kappa shape index (κ1) is 12.9. The van der Waals surface area contributed by atoms with Crippen LogP contribution in [-0.4, -0.2) is 6.61 Å². The molecule has 18 heavy (non-hydrogen) atoms. The van der Waals surface area contributed by atoms with E-state index < -0.39 is 0 Å². The molecule has 1 aliphatic rings. The molecule has 0 aliphatic heterocycles. The van der Waals surface area contributed by atoms with Gasteiger partial charge in [-0.05, 0) is 56.4 Å². The van der Waals surface area contributed by atoms with E-state index in [1.54, 1.807) is 0 Å². The molecule has 0 fully saturated rings. The maximum atomic E-state index is 8.93. The first-order chi connectivity index (χ1) is 8.52. The zero-order valence-electron chi connectivity index (χ0n) is 11.1. The van der Waals surface area contributed by atoms with Gasteiger partial charge in [0.2, 0.25) is 0 Å². The van der Waals surface area contributed by atoms with Crippen molar-refractivity contribution in [3.05, 3.63) is 29.3 Å². The van der Waals surface area contributed by atoms with Crippen LogP contribution in [0.25, 0.3) is 0 Å². The van der Waals surface area contributed by atoms with Gasteiger partial charge in [-0.3, -0.25) is 0 Å². The van der Waals surface area contributed by atoms with E-state index in [-0.39, 0.29) is 11.5 Å². The molecule has 0 saturated carbocycles. The number of rotatable bonds is 4. The monoisotopic (exact) mass is 244 g/mol. The van der Waals surface area contributed by atoms with Crippen LogP contribution in [-0.2, 0) is 6.42 Å². The first-order valence-electron chi connectivity index (χ1n) is 6.44. The number of hydrogen-bond donors (Lipinski definition) is 1. The fourth-order valence-corrected chi connectivity index (χ4v) is 2.20. The van der Waals surface area contributed by atoms with Gasteiger partial charge in [-0.25, -0.2) is 0 Å². The highest BCUT2D eigenvalue weighted by Gasteiger charge is 2.20. The van der Waals surface area contributed by atoms with Crippen molar-refractivity contribution in [1.29, 1.82) is 5.26 Å². The Balaban J connectivity index is 1.94. The van der Waals surface area contributed by atoms with E-state index in [4.69, 9.17) is 15.7 Å². The second-order valence-corrected chi connectivity index (χ2v) is 5.60. The first-order valence-corrected chi connectivity index (χ1v) is 6.44. The smallest absolute Gasteiger partial charge is 0.119 e. The van der Waals surface area contributed by atoms with Gasteiger partial charge in [-0.1, -0.05) is 6.07 Å². The molecule has 3 heteroatoms. The number of nitriles is 1. The molecular weight excluding hydrogens is 224 g/mol. The minimum Gasteiger partial charge on any atom is -0.494 e. The van der Waals surface area contributed by atoms with Crippen molar-refractivity contribution < 1.29 is 4.74 Å². The van der Waals surface area contributed by atoms with Crippen LogP contribution in [0.1, 0.15) is 43.9 Å². The Morgan fingerprint density at radius 3 is 3.00 bits per heavy atom. The lowest BCUT2D eigenvalue weighted by Crippen LogP contribution is -2.13. The Morgan fingerprint density at radius 1 is 1.50 bits per heavy atom. The summed E-state index contributed by atoms with van der Waals surface area (Å²) in [4.78, 5) is 0. The third kappa shape index (κ3) is 2.83. The number of fused-ring (bicyclic) bond motifs is 1. The highest BCUT2D eigenvalue weighted by atomic mass is 16.5. The van der Waals surface area contributed by atoms with Gasteiger partial charge in [0.1, 0.15) is 5.75 Å². The molecule has 3 nitrogen and oxygen atoms in total. The van der Waals surface area contributed by atoms with Crippen molar-refractivity contribution >= 4 is 0 Å². The fraction of sp³-hybridized carbons (Fsp3) is 0.533. The number of ether oxygens (including phenoxy) is 1. The van der Waals surface area contributed by atoms with Gasteiger partial charge in [0.15, 0.2) is 0 Å². The van der Waals surface area contributed by atoms with Crippen molar-refractivity contribution in [2.45, 2.75) is 39.2 Å². The van der Waals surface area contributed by atoms with E-state index in [0.29, 0.717) is 6.61 Å². The van der Waals surface area contributed by atoms with E-state index >= 15 is 0 Å². The Labute approximate surface area is 109 Å². The van der Waals surface area contributed by atoms with Crippen LogP contribution in [0.4, 0.5) is 0 Å². The van der Waals surface area contributed by atoms with E-state index in [0.717, 1.165) is 25.0 Å². The Bertz CT molecular complexity index is 474. The van der Waals surface area contributed by atoms with Gasteiger partial charge in [0, 0.05) is 6.04 Å². The molecule has 0 heterocycles. The molecule has 0 unspecified atom stereocenters. The Morgan fingerprint density at radius 2 is 2.28 bits per heavy atom. The average Bonchev–Trinajstić information content (AvgIpc) is 2.71. The van der Waals surface area contributed by atoms with Gasteiger partial charge in [0.05, 0.1) is 18.1 Å². The van der Waals surface area contributed by atoms with Gasteiger partial charge in [0.25, 0.3) is 0 Å². The number of nitrogens with two attached hydrogens (primary N) is 1. The van der Waals surface area contributed by atoms with Gasteiger partial charge >= 0.3 is 0 Å². The zero-order valence-corrected chi connectivity index (χ0v) is 11.1. The normalized spacial score (nSPS) is 18.2. The second-order valence-electron chi connectivity index (χ2n) is 5.60. The van der Waals surface area contributed by atoms with E-state index in [9.17, 15) is 0 Å². The summed E-state index contributed by atoms with van der Waals surface area (Å²) in [5, 5.41) is 8.93. The predicted octanol–water partition coefficient (Wildman–Crippen LogP) is 2.95. The Kier molecular flexibility index (Phi) is 3.58. The summed E-state index contributed by atoms with van der Waals surface area (Å²) < 4.78 is 5.71. The molecule has 1 aromatic carbocycles. The highest BCUT2D eigenvalue weighted by molar-refractivity contribution is 5.40. The summed E-state index contributed by atoms with van der Waals surface area (Å²) in [6, 6.07) is 8.59. The second kappa shape index (κ2) is 4.99. The van der Waals surface area contributed by atoms with E-state index in [2.05, 4.69) is 18.2 Å². The molecule has 2 rings (SSSR count). The minimum absolute atomic E-state index is 0.187. The standard InChI is InChI=1S/C15H20N2O/c1-15(2,10-16)7-8-18-12-4-5-13-11(9-12)3-6-14(13)17/h4-5,9,14H,3,6-8,17H2,1-2H3/t14-/m0/s1. The van der Waals surface area contributed by atoms with Crippen LogP contribution in [0.2, 0.25) is 0 Å². The van der Waals surface area contributed by atoms with Crippen molar-refractivity contribution in [1.82, 2.24) is 0 Å². The molecule has 96 valence electrons.